The second-order valence-electron chi connectivity index (χ2n) is 3.32. The average molecular weight is 268 g/mol. The Morgan fingerprint density at radius 2 is 1.94 bits per heavy atom. The van der Waals surface area contributed by atoms with E-state index in [1.165, 1.54) is 18.4 Å². The van der Waals surface area contributed by atoms with Crippen LogP contribution < -0.4 is 5.43 Å². The van der Waals surface area contributed by atoms with Crippen LogP contribution in [0.1, 0.15) is 5.76 Å². The zero-order chi connectivity index (χ0) is 9.80. The number of ether oxygens (including phenoxy) is 1. The third kappa shape index (κ3) is 4.53. The van der Waals surface area contributed by atoms with Crippen LogP contribution in [-0.4, -0.2) is 31.2 Å². The van der Waals surface area contributed by atoms with Gasteiger partial charge in [-0.2, -0.15) is 0 Å². The number of halogens is 2. The Morgan fingerprint density at radius 1 is 1.25 bits per heavy atom. The predicted octanol–water partition coefficient (Wildman–Crippen LogP) is 1.32. The summed E-state index contributed by atoms with van der Waals surface area (Å²) in [5.41, 5.74) is -0.000454. The van der Waals surface area contributed by atoms with Crippen molar-refractivity contribution in [2.75, 3.05) is 26.3 Å². The number of morpholine rings is 1. The third-order valence-electron chi connectivity index (χ3n) is 2.24. The van der Waals surface area contributed by atoms with Gasteiger partial charge in [0.2, 0.25) is 0 Å². The molecule has 0 unspecified atom stereocenters. The molecule has 0 saturated carbocycles. The van der Waals surface area contributed by atoms with E-state index in [1.807, 2.05) is 0 Å². The summed E-state index contributed by atoms with van der Waals surface area (Å²) >= 11 is 0. The maximum atomic E-state index is 11.0. The first-order valence-electron chi connectivity index (χ1n) is 4.72. The van der Waals surface area contributed by atoms with Gasteiger partial charge in [-0.15, -0.1) is 24.8 Å². The first-order valence-corrected chi connectivity index (χ1v) is 4.72. The quantitative estimate of drug-likeness (QED) is 0.811. The molecule has 1 aliphatic rings. The van der Waals surface area contributed by atoms with Gasteiger partial charge in [0.1, 0.15) is 5.76 Å². The summed E-state index contributed by atoms with van der Waals surface area (Å²) in [5.74, 6) is 0.722. The first kappa shape index (κ1) is 15.4. The molecule has 1 aromatic heterocycles. The molecule has 0 amide bonds. The SMILES string of the molecule is Cl.Cl.O=c1ccoc(CN2CCOCC2)c1. The number of hydrogen-bond acceptors (Lipinski definition) is 4. The standard InChI is InChI=1S/C10H13NO3.2ClH/c12-9-1-4-14-10(7-9)8-11-2-5-13-6-3-11;;/h1,4,7H,2-3,5-6,8H2;2*1H. The van der Waals surface area contributed by atoms with Crippen LogP contribution in [0.5, 0.6) is 0 Å². The highest BCUT2D eigenvalue weighted by Crippen LogP contribution is 2.04. The molecule has 0 aliphatic carbocycles. The fourth-order valence-electron chi connectivity index (χ4n) is 1.49. The number of rotatable bonds is 2. The highest BCUT2D eigenvalue weighted by atomic mass is 35.5. The number of nitrogens with zero attached hydrogens (tertiary/aromatic N) is 1. The van der Waals surface area contributed by atoms with Gasteiger partial charge in [-0.25, -0.2) is 0 Å². The van der Waals surface area contributed by atoms with Crippen molar-refractivity contribution >= 4 is 24.8 Å². The lowest BCUT2D eigenvalue weighted by molar-refractivity contribution is 0.0311. The van der Waals surface area contributed by atoms with Crippen LogP contribution >= 0.6 is 24.8 Å². The lowest BCUT2D eigenvalue weighted by Crippen LogP contribution is -2.35. The predicted molar refractivity (Wildman–Crippen MR) is 65.6 cm³/mol. The normalized spacial score (nSPS) is 16.0. The van der Waals surface area contributed by atoms with Gasteiger partial charge in [-0.3, -0.25) is 9.69 Å². The molecular weight excluding hydrogens is 253 g/mol. The smallest absolute Gasteiger partial charge is 0.185 e. The Bertz CT molecular complexity index is 350. The van der Waals surface area contributed by atoms with E-state index in [1.54, 1.807) is 0 Å². The molecule has 16 heavy (non-hydrogen) atoms. The van der Waals surface area contributed by atoms with Gasteiger partial charge >= 0.3 is 0 Å². The maximum Gasteiger partial charge on any atom is 0.185 e. The van der Waals surface area contributed by atoms with Gasteiger partial charge in [-0.05, 0) is 0 Å². The van der Waals surface area contributed by atoms with E-state index >= 15 is 0 Å². The van der Waals surface area contributed by atoms with Crippen molar-refractivity contribution in [1.82, 2.24) is 4.90 Å². The molecule has 6 heteroatoms. The summed E-state index contributed by atoms with van der Waals surface area (Å²) in [6.45, 7) is 4.02. The highest BCUT2D eigenvalue weighted by Gasteiger charge is 2.11. The van der Waals surface area contributed by atoms with E-state index in [-0.39, 0.29) is 30.2 Å². The van der Waals surface area contributed by atoms with Crippen LogP contribution in [0.15, 0.2) is 27.6 Å². The molecule has 1 aliphatic heterocycles. The van der Waals surface area contributed by atoms with Crippen molar-refractivity contribution in [2.45, 2.75) is 6.54 Å². The Labute approximate surface area is 106 Å². The zero-order valence-corrected chi connectivity index (χ0v) is 10.4. The van der Waals surface area contributed by atoms with Crippen LogP contribution in [0.2, 0.25) is 0 Å². The lowest BCUT2D eigenvalue weighted by atomic mass is 10.3. The molecule has 0 atom stereocenters. The molecule has 0 radical (unpaired) electrons. The monoisotopic (exact) mass is 267 g/mol. The van der Waals surface area contributed by atoms with Gasteiger partial charge in [0, 0.05) is 25.2 Å². The highest BCUT2D eigenvalue weighted by molar-refractivity contribution is 5.85. The Kier molecular flexibility index (Phi) is 7.42. The van der Waals surface area contributed by atoms with Gasteiger partial charge in [0.15, 0.2) is 5.43 Å². The van der Waals surface area contributed by atoms with Crippen LogP contribution in [0, 0.1) is 0 Å². The minimum absolute atomic E-state index is 0. The summed E-state index contributed by atoms with van der Waals surface area (Å²) in [6.07, 6.45) is 1.44. The third-order valence-corrected chi connectivity index (χ3v) is 2.24. The number of hydrogen-bond donors (Lipinski definition) is 0. The summed E-state index contributed by atoms with van der Waals surface area (Å²) in [5, 5.41) is 0. The van der Waals surface area contributed by atoms with Crippen LogP contribution in [0.4, 0.5) is 0 Å². The van der Waals surface area contributed by atoms with E-state index in [0.29, 0.717) is 6.54 Å². The molecule has 4 nitrogen and oxygen atoms in total. The largest absolute Gasteiger partial charge is 0.468 e. The summed E-state index contributed by atoms with van der Waals surface area (Å²) in [6, 6.07) is 2.96. The molecule has 2 heterocycles. The van der Waals surface area contributed by atoms with Crippen molar-refractivity contribution in [3.05, 3.63) is 34.4 Å². The fraction of sp³-hybridized carbons (Fsp3) is 0.500. The van der Waals surface area contributed by atoms with Crippen molar-refractivity contribution in [1.29, 1.82) is 0 Å². The molecule has 0 bridgehead atoms. The molecule has 1 fully saturated rings. The Hall–Kier alpha value is -0.550. The maximum absolute atomic E-state index is 11.0. The van der Waals surface area contributed by atoms with Crippen molar-refractivity contribution in [2.24, 2.45) is 0 Å². The fourth-order valence-corrected chi connectivity index (χ4v) is 1.49. The minimum atomic E-state index is -0.000454. The molecule has 92 valence electrons. The molecule has 1 saturated heterocycles. The van der Waals surface area contributed by atoms with Crippen molar-refractivity contribution < 1.29 is 9.15 Å². The van der Waals surface area contributed by atoms with Gasteiger partial charge < -0.3 is 9.15 Å². The first-order chi connectivity index (χ1) is 6.84. The molecule has 0 N–H and O–H groups in total. The molecule has 0 aromatic carbocycles. The van der Waals surface area contributed by atoms with Gasteiger partial charge in [-0.1, -0.05) is 0 Å². The topological polar surface area (TPSA) is 42.7 Å². The van der Waals surface area contributed by atoms with Crippen molar-refractivity contribution in [3.8, 4) is 0 Å². The summed E-state index contributed by atoms with van der Waals surface area (Å²) in [7, 11) is 0. The van der Waals surface area contributed by atoms with Crippen molar-refractivity contribution in [3.63, 3.8) is 0 Å². The van der Waals surface area contributed by atoms with Crippen LogP contribution in [-0.2, 0) is 11.3 Å². The van der Waals surface area contributed by atoms with Crippen LogP contribution in [0.25, 0.3) is 0 Å². The molecule has 2 rings (SSSR count). The van der Waals surface area contributed by atoms with E-state index < -0.39 is 0 Å². The summed E-state index contributed by atoms with van der Waals surface area (Å²) in [4.78, 5) is 13.2. The molecule has 0 spiro atoms. The molecule has 1 aromatic rings. The lowest BCUT2D eigenvalue weighted by Gasteiger charge is -2.25. The van der Waals surface area contributed by atoms with E-state index in [0.717, 1.165) is 32.1 Å². The van der Waals surface area contributed by atoms with E-state index in [2.05, 4.69) is 4.90 Å². The Balaban J connectivity index is 0.00000112. The molecular formula is C10H15Cl2NO3. The average Bonchev–Trinajstić information content (AvgIpc) is 2.19. The minimum Gasteiger partial charge on any atom is -0.468 e. The van der Waals surface area contributed by atoms with E-state index in [9.17, 15) is 4.79 Å². The Morgan fingerprint density at radius 3 is 2.56 bits per heavy atom. The second-order valence-corrected chi connectivity index (χ2v) is 3.32. The van der Waals surface area contributed by atoms with Gasteiger partial charge in [0.05, 0.1) is 26.0 Å². The van der Waals surface area contributed by atoms with E-state index in [4.69, 9.17) is 9.15 Å². The summed E-state index contributed by atoms with van der Waals surface area (Å²) < 4.78 is 10.5. The van der Waals surface area contributed by atoms with Gasteiger partial charge in [0.25, 0.3) is 0 Å². The zero-order valence-electron chi connectivity index (χ0n) is 8.76. The second kappa shape index (κ2) is 7.68. The van der Waals surface area contributed by atoms with Crippen LogP contribution in [0.3, 0.4) is 0 Å².